The minimum Gasteiger partial charge on any atom is -0.485 e. The van der Waals surface area contributed by atoms with Crippen LogP contribution in [0.4, 0.5) is 10.1 Å². The van der Waals surface area contributed by atoms with E-state index in [0.29, 0.717) is 29.9 Å². The maximum atomic E-state index is 13.4. The maximum absolute atomic E-state index is 13.4. The van der Waals surface area contributed by atoms with Crippen LogP contribution in [-0.2, 0) is 10.0 Å². The van der Waals surface area contributed by atoms with Crippen molar-refractivity contribution in [3.05, 3.63) is 76.2 Å². The predicted octanol–water partition coefficient (Wildman–Crippen LogP) is 5.74. The first-order valence-electron chi connectivity index (χ1n) is 13.7. The monoisotopic (exact) mass is 633 g/mol. The van der Waals surface area contributed by atoms with E-state index in [1.807, 2.05) is 19.0 Å². The van der Waals surface area contributed by atoms with Crippen molar-refractivity contribution in [2.75, 3.05) is 39.1 Å². The molecular formula is C30H37ClFN5O5S. The molecule has 0 atom stereocenters. The van der Waals surface area contributed by atoms with Crippen molar-refractivity contribution in [3.63, 3.8) is 0 Å². The first-order chi connectivity index (χ1) is 20.4. The highest BCUT2D eigenvalue weighted by atomic mass is 35.5. The van der Waals surface area contributed by atoms with E-state index in [4.69, 9.17) is 21.1 Å². The normalized spacial score (nSPS) is 11.4. The fourth-order valence-electron chi connectivity index (χ4n) is 3.69. The second-order valence-corrected chi connectivity index (χ2v) is 12.2. The van der Waals surface area contributed by atoms with Crippen molar-refractivity contribution in [1.29, 1.82) is 0 Å². The molecule has 10 nitrogen and oxygen atoms in total. The summed E-state index contributed by atoms with van der Waals surface area (Å²) in [6.45, 7) is 7.68. The molecule has 0 aliphatic carbocycles. The number of pyridine rings is 2. The Morgan fingerprint density at radius 2 is 1.79 bits per heavy atom. The minimum absolute atomic E-state index is 0.00163. The van der Waals surface area contributed by atoms with Gasteiger partial charge < -0.3 is 14.4 Å². The van der Waals surface area contributed by atoms with Gasteiger partial charge in [-0.2, -0.15) is 0 Å². The number of ether oxygens (including phenoxy) is 2. The SMILES string of the molecule is CCC(C)CC.COc1ncc(-c2ccc3ncc(OCCN(C)C)c(=O)n3c2)cc1NS(=O)(=O)c1ccc(F)cc1Cl. The Bertz CT molecular complexity index is 1710. The fourth-order valence-corrected chi connectivity index (χ4v) is 5.28. The third-order valence-corrected chi connectivity index (χ3v) is 8.51. The zero-order valence-corrected chi connectivity index (χ0v) is 26.7. The standard InChI is InChI=1S/C24H23ClFN5O5S.C6H14/c1-30(2)8-9-36-20-13-27-22-7-4-15(14-31(22)24(20)32)16-10-19(23(35-3)28-12-16)29-37(33,34)21-6-5-17(26)11-18(21)25;1-4-6(3)5-2/h4-7,10-14,29H,8-9H2,1-3H3;6H,4-5H2,1-3H3. The van der Waals surface area contributed by atoms with Crippen molar-refractivity contribution in [3.8, 4) is 22.8 Å². The van der Waals surface area contributed by atoms with E-state index in [9.17, 15) is 17.6 Å². The van der Waals surface area contributed by atoms with Gasteiger partial charge in [-0.3, -0.25) is 13.9 Å². The molecule has 0 aliphatic heterocycles. The molecule has 0 aliphatic rings. The van der Waals surface area contributed by atoms with Crippen molar-refractivity contribution in [2.45, 2.75) is 38.5 Å². The number of nitrogens with zero attached hydrogens (tertiary/aromatic N) is 4. The molecule has 13 heteroatoms. The Kier molecular flexibility index (Phi) is 11.9. The summed E-state index contributed by atoms with van der Waals surface area (Å²) in [6, 6.07) is 7.81. The zero-order valence-electron chi connectivity index (χ0n) is 25.1. The van der Waals surface area contributed by atoms with Crippen LogP contribution in [0.15, 0.2) is 64.7 Å². The van der Waals surface area contributed by atoms with Gasteiger partial charge >= 0.3 is 0 Å². The molecule has 0 spiro atoms. The molecular weight excluding hydrogens is 597 g/mol. The highest BCUT2D eigenvalue weighted by Crippen LogP contribution is 2.31. The molecule has 4 rings (SSSR count). The number of likely N-dealkylation sites (N-methyl/N-ethyl adjacent to an activating group) is 1. The third kappa shape index (κ3) is 8.88. The number of hydrogen-bond donors (Lipinski definition) is 1. The lowest BCUT2D eigenvalue weighted by atomic mass is 10.1. The van der Waals surface area contributed by atoms with Gasteiger partial charge in [-0.1, -0.05) is 45.2 Å². The number of nitrogens with one attached hydrogen (secondary N) is 1. The van der Waals surface area contributed by atoms with Gasteiger partial charge in [0.2, 0.25) is 11.6 Å². The number of rotatable bonds is 11. The second-order valence-electron chi connectivity index (χ2n) is 10.1. The van der Waals surface area contributed by atoms with Crippen LogP contribution < -0.4 is 19.8 Å². The highest BCUT2D eigenvalue weighted by molar-refractivity contribution is 7.92. The summed E-state index contributed by atoms with van der Waals surface area (Å²) in [5.41, 5.74) is 1.07. The van der Waals surface area contributed by atoms with Crippen LogP contribution in [0.2, 0.25) is 5.02 Å². The Morgan fingerprint density at radius 3 is 2.40 bits per heavy atom. The van der Waals surface area contributed by atoms with Gasteiger partial charge in [0.1, 0.15) is 28.7 Å². The fraction of sp³-hybridized carbons (Fsp3) is 0.367. The van der Waals surface area contributed by atoms with Gasteiger partial charge in [-0.25, -0.2) is 22.8 Å². The lowest BCUT2D eigenvalue weighted by molar-refractivity contribution is 0.257. The number of fused-ring (bicyclic) bond motifs is 1. The summed E-state index contributed by atoms with van der Waals surface area (Å²) in [7, 11) is 0.920. The van der Waals surface area contributed by atoms with Gasteiger partial charge in [0, 0.05) is 30.1 Å². The van der Waals surface area contributed by atoms with Crippen LogP contribution in [0.25, 0.3) is 16.8 Å². The predicted molar refractivity (Wildman–Crippen MR) is 167 cm³/mol. The van der Waals surface area contributed by atoms with Crippen LogP contribution in [0.3, 0.4) is 0 Å². The molecule has 0 bridgehead atoms. The molecule has 1 aromatic carbocycles. The molecule has 43 heavy (non-hydrogen) atoms. The van der Waals surface area contributed by atoms with E-state index in [1.165, 1.54) is 42.8 Å². The number of aromatic nitrogens is 3. The number of halogens is 2. The first-order valence-corrected chi connectivity index (χ1v) is 15.6. The van der Waals surface area contributed by atoms with Gasteiger partial charge in [0.15, 0.2) is 0 Å². The van der Waals surface area contributed by atoms with Crippen molar-refractivity contribution < 1.29 is 22.3 Å². The average molecular weight is 634 g/mol. The van der Waals surface area contributed by atoms with E-state index in [1.54, 1.807) is 18.3 Å². The van der Waals surface area contributed by atoms with E-state index >= 15 is 0 Å². The summed E-state index contributed by atoms with van der Waals surface area (Å²) < 4.78 is 53.9. The minimum atomic E-state index is -4.21. The number of benzene rings is 1. The van der Waals surface area contributed by atoms with Crippen LogP contribution >= 0.6 is 11.6 Å². The zero-order chi connectivity index (χ0) is 31.7. The Morgan fingerprint density at radius 1 is 1.07 bits per heavy atom. The number of methoxy groups -OCH3 is 1. The topological polar surface area (TPSA) is 115 Å². The molecule has 0 amide bonds. The van der Waals surface area contributed by atoms with E-state index < -0.39 is 15.8 Å². The molecule has 4 aromatic rings. The Labute approximate surface area is 256 Å². The molecule has 0 fully saturated rings. The quantitative estimate of drug-likeness (QED) is 0.222. The highest BCUT2D eigenvalue weighted by Gasteiger charge is 2.21. The molecule has 0 unspecified atom stereocenters. The lowest BCUT2D eigenvalue weighted by Gasteiger charge is -2.14. The average Bonchev–Trinajstić information content (AvgIpc) is 2.97. The summed E-state index contributed by atoms with van der Waals surface area (Å²) in [6.07, 6.45) is 7.07. The number of anilines is 1. The first kappa shape index (κ1) is 33.8. The molecule has 232 valence electrons. The maximum Gasteiger partial charge on any atom is 0.300 e. The summed E-state index contributed by atoms with van der Waals surface area (Å²) in [5, 5.41) is -0.277. The third-order valence-electron chi connectivity index (χ3n) is 6.67. The largest absolute Gasteiger partial charge is 0.485 e. The summed E-state index contributed by atoms with van der Waals surface area (Å²) >= 11 is 5.95. The van der Waals surface area contributed by atoms with Crippen LogP contribution in [0, 0.1) is 11.7 Å². The molecule has 0 saturated carbocycles. The van der Waals surface area contributed by atoms with E-state index in [2.05, 4.69) is 35.5 Å². The van der Waals surface area contributed by atoms with Gasteiger partial charge in [-0.05, 0) is 56.4 Å². The Hall–Kier alpha value is -3.74. The molecule has 0 saturated heterocycles. The van der Waals surface area contributed by atoms with Gasteiger partial charge in [0.25, 0.3) is 15.6 Å². The van der Waals surface area contributed by atoms with Crippen molar-refractivity contribution in [2.24, 2.45) is 5.92 Å². The van der Waals surface area contributed by atoms with Crippen molar-refractivity contribution >= 4 is 33.0 Å². The van der Waals surface area contributed by atoms with Crippen LogP contribution in [0.1, 0.15) is 33.6 Å². The second kappa shape index (κ2) is 15.1. The molecule has 0 radical (unpaired) electrons. The summed E-state index contributed by atoms with van der Waals surface area (Å²) in [5.74, 6) is 0.373. The van der Waals surface area contributed by atoms with Gasteiger partial charge in [0.05, 0.1) is 18.3 Å². The van der Waals surface area contributed by atoms with E-state index in [0.717, 1.165) is 24.1 Å². The lowest BCUT2D eigenvalue weighted by Crippen LogP contribution is -2.23. The number of sulfonamides is 1. The molecule has 1 N–H and O–H groups in total. The number of hydrogen-bond acceptors (Lipinski definition) is 8. The summed E-state index contributed by atoms with van der Waals surface area (Å²) in [4.78, 5) is 23.1. The van der Waals surface area contributed by atoms with Crippen LogP contribution in [0.5, 0.6) is 11.6 Å². The Balaban J connectivity index is 0.000000765. The smallest absolute Gasteiger partial charge is 0.300 e. The van der Waals surface area contributed by atoms with Crippen LogP contribution in [-0.4, -0.2) is 62.0 Å². The van der Waals surface area contributed by atoms with Crippen molar-refractivity contribution in [1.82, 2.24) is 19.3 Å². The molecule has 3 heterocycles. The van der Waals surface area contributed by atoms with E-state index in [-0.39, 0.29) is 32.8 Å². The van der Waals surface area contributed by atoms with Gasteiger partial charge in [-0.15, -0.1) is 0 Å². The molecule has 3 aromatic heterocycles.